The van der Waals surface area contributed by atoms with Gasteiger partial charge in [-0.2, -0.15) is 0 Å². The van der Waals surface area contributed by atoms with Crippen molar-refractivity contribution in [2.75, 3.05) is 24.1 Å². The molecule has 4 rings (SSSR count). The van der Waals surface area contributed by atoms with Crippen molar-refractivity contribution >= 4 is 40.0 Å². The lowest BCUT2D eigenvalue weighted by atomic mass is 10.0. The summed E-state index contributed by atoms with van der Waals surface area (Å²) < 4.78 is 2.07. The van der Waals surface area contributed by atoms with Crippen molar-refractivity contribution in [1.82, 2.24) is 24.8 Å². The first-order valence-corrected chi connectivity index (χ1v) is 9.64. The van der Waals surface area contributed by atoms with E-state index < -0.39 is 0 Å². The van der Waals surface area contributed by atoms with Crippen molar-refractivity contribution in [1.29, 1.82) is 0 Å². The van der Waals surface area contributed by atoms with E-state index in [1.807, 2.05) is 18.5 Å². The van der Waals surface area contributed by atoms with E-state index in [2.05, 4.69) is 34.0 Å². The molecule has 1 saturated heterocycles. The predicted molar refractivity (Wildman–Crippen MR) is 110 cm³/mol. The molecular weight excluding hydrogens is 362 g/mol. The molecule has 0 radical (unpaired) electrons. The van der Waals surface area contributed by atoms with Crippen LogP contribution in [0.4, 0.5) is 17.2 Å². The number of nitrogens with zero attached hydrogens (tertiary/aromatic N) is 4. The van der Waals surface area contributed by atoms with Crippen LogP contribution < -0.4 is 16.4 Å². The lowest BCUT2D eigenvalue weighted by molar-refractivity contribution is 0.560. The summed E-state index contributed by atoms with van der Waals surface area (Å²) in [4.78, 5) is 14.2. The van der Waals surface area contributed by atoms with E-state index in [1.165, 1.54) is 0 Å². The van der Waals surface area contributed by atoms with Gasteiger partial charge in [-0.05, 0) is 57.5 Å². The zero-order valence-electron chi connectivity index (χ0n) is 15.5. The van der Waals surface area contributed by atoms with Gasteiger partial charge in [-0.3, -0.25) is 0 Å². The van der Waals surface area contributed by atoms with Crippen LogP contribution in [0.2, 0.25) is 5.02 Å². The molecule has 142 valence electrons. The lowest BCUT2D eigenvalue weighted by Gasteiger charge is -2.13. The van der Waals surface area contributed by atoms with Crippen molar-refractivity contribution in [3.05, 3.63) is 35.4 Å². The maximum absolute atomic E-state index is 6.15. The number of nitrogens with two attached hydrogens (primary N) is 1. The third-order valence-electron chi connectivity index (χ3n) is 4.84. The minimum absolute atomic E-state index is 0.264. The number of fused-ring (bicyclic) bond motifs is 1. The number of anilines is 3. The van der Waals surface area contributed by atoms with Crippen molar-refractivity contribution in [3.8, 4) is 0 Å². The number of halogens is 1. The van der Waals surface area contributed by atoms with E-state index in [1.54, 1.807) is 6.07 Å². The maximum Gasteiger partial charge on any atom is 0.166 e. The zero-order chi connectivity index (χ0) is 19.0. The van der Waals surface area contributed by atoms with Crippen molar-refractivity contribution in [3.63, 3.8) is 0 Å². The van der Waals surface area contributed by atoms with E-state index in [4.69, 9.17) is 27.3 Å². The van der Waals surface area contributed by atoms with Gasteiger partial charge < -0.3 is 20.9 Å². The van der Waals surface area contributed by atoms with Crippen molar-refractivity contribution < 1.29 is 0 Å². The number of benzene rings is 1. The monoisotopic (exact) mass is 385 g/mol. The predicted octanol–water partition coefficient (Wildman–Crippen LogP) is 3.54. The molecule has 0 spiro atoms. The Morgan fingerprint density at radius 2 is 2.19 bits per heavy atom. The molecule has 7 nitrogen and oxygen atoms in total. The summed E-state index contributed by atoms with van der Waals surface area (Å²) in [7, 11) is 0. The number of rotatable bonds is 5. The molecule has 2 aromatic heterocycles. The summed E-state index contributed by atoms with van der Waals surface area (Å²) in [6, 6.07) is 5.64. The Morgan fingerprint density at radius 3 is 2.89 bits per heavy atom. The van der Waals surface area contributed by atoms with Crippen LogP contribution in [0.3, 0.4) is 0 Å². The van der Waals surface area contributed by atoms with E-state index in [0.29, 0.717) is 22.4 Å². The van der Waals surface area contributed by atoms with E-state index in [9.17, 15) is 0 Å². The Balaban J connectivity index is 1.76. The summed E-state index contributed by atoms with van der Waals surface area (Å²) in [5, 5.41) is 7.32. The molecule has 0 aliphatic carbocycles. The van der Waals surface area contributed by atoms with Crippen LogP contribution in [0.1, 0.15) is 32.1 Å². The SMILES string of the molecule is CC(C)n1cnc2c(Nc3cc(N)cc(Cl)c3)nc(C[C@H]3CCNC3)nc21. The molecule has 27 heavy (non-hydrogen) atoms. The van der Waals surface area contributed by atoms with Crippen LogP contribution in [-0.2, 0) is 6.42 Å². The molecule has 0 unspecified atom stereocenters. The molecule has 4 N–H and O–H groups in total. The third-order valence-corrected chi connectivity index (χ3v) is 5.06. The van der Waals surface area contributed by atoms with E-state index in [0.717, 1.165) is 48.6 Å². The van der Waals surface area contributed by atoms with Crippen LogP contribution in [0, 0.1) is 5.92 Å². The topological polar surface area (TPSA) is 93.7 Å². The summed E-state index contributed by atoms with van der Waals surface area (Å²) in [5.41, 5.74) is 8.90. The number of aromatic nitrogens is 4. The Hall–Kier alpha value is -2.38. The smallest absolute Gasteiger partial charge is 0.166 e. The number of hydrogen-bond donors (Lipinski definition) is 3. The normalized spacial score (nSPS) is 17.1. The molecular formula is C19H24ClN7. The van der Waals surface area contributed by atoms with Gasteiger partial charge in [-0.15, -0.1) is 0 Å². The largest absolute Gasteiger partial charge is 0.399 e. The minimum Gasteiger partial charge on any atom is -0.399 e. The summed E-state index contributed by atoms with van der Waals surface area (Å²) >= 11 is 6.15. The molecule has 1 aromatic carbocycles. The van der Waals surface area contributed by atoms with Gasteiger partial charge in [0, 0.05) is 28.9 Å². The van der Waals surface area contributed by atoms with Crippen LogP contribution in [0.15, 0.2) is 24.5 Å². The average molecular weight is 386 g/mol. The van der Waals surface area contributed by atoms with Crippen LogP contribution in [-0.4, -0.2) is 32.6 Å². The highest BCUT2D eigenvalue weighted by atomic mass is 35.5. The molecule has 1 fully saturated rings. The highest BCUT2D eigenvalue weighted by Gasteiger charge is 2.20. The highest BCUT2D eigenvalue weighted by molar-refractivity contribution is 6.31. The van der Waals surface area contributed by atoms with Crippen LogP contribution in [0.5, 0.6) is 0 Å². The maximum atomic E-state index is 6.15. The zero-order valence-corrected chi connectivity index (χ0v) is 16.3. The first kappa shape index (κ1) is 18.0. The van der Waals surface area contributed by atoms with Crippen molar-refractivity contribution in [2.45, 2.75) is 32.7 Å². The Bertz CT molecular complexity index is 940. The van der Waals surface area contributed by atoms with Gasteiger partial charge in [0.05, 0.1) is 6.33 Å². The van der Waals surface area contributed by atoms with E-state index >= 15 is 0 Å². The van der Waals surface area contributed by atoms with Gasteiger partial charge in [-0.25, -0.2) is 15.0 Å². The van der Waals surface area contributed by atoms with Crippen LogP contribution in [0.25, 0.3) is 11.2 Å². The fourth-order valence-electron chi connectivity index (χ4n) is 3.49. The molecule has 1 aliphatic heterocycles. The standard InChI is InChI=1S/C19H24ClN7/c1-11(2)27-10-23-17-18(24-15-7-13(20)6-14(21)8-15)25-16(26-19(17)27)5-12-3-4-22-9-12/h6-8,10-12,22H,3-5,9,21H2,1-2H3,(H,24,25,26)/t12-/m1/s1. The summed E-state index contributed by atoms with van der Waals surface area (Å²) in [6.45, 7) is 6.31. The van der Waals surface area contributed by atoms with Gasteiger partial charge in [0.25, 0.3) is 0 Å². The number of imidazole rings is 1. The fraction of sp³-hybridized carbons (Fsp3) is 0.421. The summed E-state index contributed by atoms with van der Waals surface area (Å²) in [6.07, 6.45) is 3.82. The minimum atomic E-state index is 0.264. The number of hydrogen-bond acceptors (Lipinski definition) is 6. The molecule has 1 aliphatic rings. The molecule has 1 atom stereocenters. The van der Waals surface area contributed by atoms with Gasteiger partial charge in [-0.1, -0.05) is 11.6 Å². The second-order valence-corrected chi connectivity index (χ2v) is 7.80. The molecule has 0 bridgehead atoms. The number of nitrogens with one attached hydrogen (secondary N) is 2. The van der Waals surface area contributed by atoms with Crippen LogP contribution >= 0.6 is 11.6 Å². The van der Waals surface area contributed by atoms with E-state index in [-0.39, 0.29) is 6.04 Å². The van der Waals surface area contributed by atoms with Gasteiger partial charge in [0.2, 0.25) is 0 Å². The highest BCUT2D eigenvalue weighted by Crippen LogP contribution is 2.28. The fourth-order valence-corrected chi connectivity index (χ4v) is 3.73. The van der Waals surface area contributed by atoms with Crippen molar-refractivity contribution in [2.24, 2.45) is 5.92 Å². The molecule has 0 amide bonds. The third kappa shape index (κ3) is 3.84. The Kier molecular flexibility index (Phi) is 4.88. The lowest BCUT2D eigenvalue weighted by Crippen LogP contribution is -2.13. The second kappa shape index (κ2) is 7.32. The first-order valence-electron chi connectivity index (χ1n) is 9.27. The molecule has 0 saturated carbocycles. The number of nitrogen functional groups attached to an aromatic ring is 1. The Labute approximate surface area is 163 Å². The average Bonchev–Trinajstić information content (AvgIpc) is 3.23. The quantitative estimate of drug-likeness (QED) is 0.581. The molecule has 8 heteroatoms. The second-order valence-electron chi connectivity index (χ2n) is 7.37. The van der Waals surface area contributed by atoms with Gasteiger partial charge >= 0.3 is 0 Å². The van der Waals surface area contributed by atoms with Gasteiger partial charge in [0.1, 0.15) is 5.82 Å². The summed E-state index contributed by atoms with van der Waals surface area (Å²) in [5.74, 6) is 2.07. The molecule has 3 heterocycles. The Morgan fingerprint density at radius 1 is 1.33 bits per heavy atom. The van der Waals surface area contributed by atoms with Gasteiger partial charge in [0.15, 0.2) is 17.0 Å². The first-order chi connectivity index (χ1) is 13.0. The molecule has 3 aromatic rings.